The second-order valence-electron chi connectivity index (χ2n) is 6.52. The van der Waals surface area contributed by atoms with Crippen LogP contribution in [0.2, 0.25) is 0 Å². The van der Waals surface area contributed by atoms with E-state index in [0.717, 1.165) is 23.1 Å². The standard InChI is InChI=1S/C17H22O2/c18-17(16-14-3-1-2-4-15(14)16)11-5-7-12(8-6-11)19-13-9-10-13/h5-8,13-18H,1-4,9-10H2. The monoisotopic (exact) mass is 258 g/mol. The molecule has 1 N–H and O–H groups in total. The number of fused-ring (bicyclic) bond motifs is 1. The molecule has 3 aliphatic rings. The van der Waals surface area contributed by atoms with Crippen LogP contribution >= 0.6 is 0 Å². The van der Waals surface area contributed by atoms with Crippen molar-refractivity contribution in [1.82, 2.24) is 0 Å². The minimum absolute atomic E-state index is 0.261. The van der Waals surface area contributed by atoms with E-state index in [1.165, 1.54) is 38.5 Å². The number of hydrogen-bond donors (Lipinski definition) is 1. The zero-order valence-electron chi connectivity index (χ0n) is 11.3. The predicted molar refractivity (Wildman–Crippen MR) is 74.0 cm³/mol. The Morgan fingerprint density at radius 1 is 0.947 bits per heavy atom. The first-order valence-corrected chi connectivity index (χ1v) is 7.77. The largest absolute Gasteiger partial charge is 0.490 e. The molecular formula is C17H22O2. The number of aliphatic hydroxyl groups is 1. The lowest BCUT2D eigenvalue weighted by Gasteiger charge is -2.12. The number of rotatable bonds is 4. The van der Waals surface area contributed by atoms with E-state index in [2.05, 4.69) is 0 Å². The van der Waals surface area contributed by atoms with Crippen molar-refractivity contribution in [3.63, 3.8) is 0 Å². The topological polar surface area (TPSA) is 29.5 Å². The third-order valence-electron chi connectivity index (χ3n) is 5.14. The smallest absolute Gasteiger partial charge is 0.119 e. The second kappa shape index (κ2) is 4.52. The van der Waals surface area contributed by atoms with Crippen molar-refractivity contribution < 1.29 is 9.84 Å². The summed E-state index contributed by atoms with van der Waals surface area (Å²) >= 11 is 0. The number of benzene rings is 1. The zero-order valence-corrected chi connectivity index (χ0v) is 11.3. The maximum absolute atomic E-state index is 10.5. The Labute approximate surface area is 114 Å². The van der Waals surface area contributed by atoms with Crippen LogP contribution in [-0.4, -0.2) is 11.2 Å². The molecule has 3 saturated carbocycles. The van der Waals surface area contributed by atoms with E-state index >= 15 is 0 Å². The molecule has 0 saturated heterocycles. The third-order valence-corrected chi connectivity index (χ3v) is 5.14. The van der Waals surface area contributed by atoms with Crippen LogP contribution in [0.3, 0.4) is 0 Å². The van der Waals surface area contributed by atoms with Gasteiger partial charge in [0.05, 0.1) is 12.2 Å². The summed E-state index contributed by atoms with van der Waals surface area (Å²) in [5.74, 6) is 3.07. The van der Waals surface area contributed by atoms with Gasteiger partial charge in [0.15, 0.2) is 0 Å². The molecule has 0 bridgehead atoms. The lowest BCUT2D eigenvalue weighted by molar-refractivity contribution is 0.142. The highest BCUT2D eigenvalue weighted by Gasteiger charge is 2.54. The van der Waals surface area contributed by atoms with Gasteiger partial charge in [0.1, 0.15) is 5.75 Å². The van der Waals surface area contributed by atoms with Crippen LogP contribution in [0.1, 0.15) is 50.2 Å². The summed E-state index contributed by atoms with van der Waals surface area (Å²) in [6, 6.07) is 8.13. The van der Waals surface area contributed by atoms with Crippen LogP contribution in [0.25, 0.3) is 0 Å². The van der Waals surface area contributed by atoms with Crippen molar-refractivity contribution in [2.75, 3.05) is 0 Å². The second-order valence-corrected chi connectivity index (χ2v) is 6.52. The summed E-state index contributed by atoms with van der Waals surface area (Å²) in [7, 11) is 0. The fourth-order valence-corrected chi connectivity index (χ4v) is 3.86. The van der Waals surface area contributed by atoms with E-state index < -0.39 is 0 Å². The van der Waals surface area contributed by atoms with Crippen LogP contribution in [0.4, 0.5) is 0 Å². The molecule has 1 aromatic carbocycles. The SMILES string of the molecule is OC(c1ccc(OC2CC2)cc1)C1C2CCCCC21. The molecule has 2 nitrogen and oxygen atoms in total. The normalized spacial score (nSPS) is 34.5. The van der Waals surface area contributed by atoms with Gasteiger partial charge >= 0.3 is 0 Å². The van der Waals surface area contributed by atoms with Gasteiger partial charge < -0.3 is 9.84 Å². The summed E-state index contributed by atoms with van der Waals surface area (Å²) in [5, 5.41) is 10.5. The first-order chi connectivity index (χ1) is 9.33. The Morgan fingerprint density at radius 3 is 2.16 bits per heavy atom. The summed E-state index contributed by atoms with van der Waals surface area (Å²) in [4.78, 5) is 0. The van der Waals surface area contributed by atoms with Gasteiger partial charge in [-0.1, -0.05) is 25.0 Å². The van der Waals surface area contributed by atoms with Gasteiger partial charge in [-0.25, -0.2) is 0 Å². The van der Waals surface area contributed by atoms with Gasteiger partial charge in [-0.2, -0.15) is 0 Å². The van der Waals surface area contributed by atoms with Gasteiger partial charge in [0, 0.05) is 0 Å². The Hall–Kier alpha value is -1.02. The molecule has 3 fully saturated rings. The molecule has 0 spiro atoms. The van der Waals surface area contributed by atoms with Crippen molar-refractivity contribution in [1.29, 1.82) is 0 Å². The fraction of sp³-hybridized carbons (Fsp3) is 0.647. The van der Waals surface area contributed by atoms with Gasteiger partial charge in [-0.15, -0.1) is 0 Å². The number of aliphatic hydroxyl groups excluding tert-OH is 1. The minimum atomic E-state index is -0.261. The van der Waals surface area contributed by atoms with Crippen LogP contribution in [0, 0.1) is 17.8 Å². The first kappa shape index (κ1) is 11.8. The molecule has 0 radical (unpaired) electrons. The van der Waals surface area contributed by atoms with Crippen molar-refractivity contribution in [2.24, 2.45) is 17.8 Å². The molecule has 1 aromatic rings. The van der Waals surface area contributed by atoms with Crippen molar-refractivity contribution in [2.45, 2.75) is 50.7 Å². The van der Waals surface area contributed by atoms with Gasteiger partial charge in [0.2, 0.25) is 0 Å². The zero-order chi connectivity index (χ0) is 12.8. The van der Waals surface area contributed by atoms with E-state index in [9.17, 15) is 5.11 Å². The van der Waals surface area contributed by atoms with Crippen molar-refractivity contribution in [3.05, 3.63) is 29.8 Å². The number of ether oxygens (including phenoxy) is 1. The minimum Gasteiger partial charge on any atom is -0.490 e. The predicted octanol–water partition coefficient (Wildman–Crippen LogP) is 3.70. The van der Waals surface area contributed by atoms with Crippen LogP contribution in [-0.2, 0) is 0 Å². The highest BCUT2D eigenvalue weighted by molar-refractivity contribution is 5.30. The van der Waals surface area contributed by atoms with Crippen LogP contribution in [0.5, 0.6) is 5.75 Å². The summed E-state index contributed by atoms with van der Waals surface area (Å²) < 4.78 is 5.75. The quantitative estimate of drug-likeness (QED) is 0.892. The van der Waals surface area contributed by atoms with Crippen LogP contribution in [0.15, 0.2) is 24.3 Å². The highest BCUT2D eigenvalue weighted by atomic mass is 16.5. The van der Waals surface area contributed by atoms with Gasteiger partial charge in [0.25, 0.3) is 0 Å². The molecule has 4 rings (SSSR count). The van der Waals surface area contributed by atoms with E-state index in [-0.39, 0.29) is 6.10 Å². The third kappa shape index (κ3) is 2.27. The Bertz CT molecular complexity index is 437. The lowest BCUT2D eigenvalue weighted by Crippen LogP contribution is -2.03. The number of hydrogen-bond acceptors (Lipinski definition) is 2. The molecule has 0 amide bonds. The van der Waals surface area contributed by atoms with Gasteiger partial charge in [-0.3, -0.25) is 0 Å². The van der Waals surface area contributed by atoms with Gasteiger partial charge in [-0.05, 0) is 61.1 Å². The maximum Gasteiger partial charge on any atom is 0.119 e. The summed E-state index contributed by atoms with van der Waals surface area (Å²) in [6.45, 7) is 0. The summed E-state index contributed by atoms with van der Waals surface area (Å²) in [5.41, 5.74) is 1.07. The molecule has 3 atom stereocenters. The van der Waals surface area contributed by atoms with E-state index in [1.54, 1.807) is 0 Å². The lowest BCUT2D eigenvalue weighted by atomic mass is 10.0. The molecule has 19 heavy (non-hydrogen) atoms. The molecule has 0 heterocycles. The molecular weight excluding hydrogens is 236 g/mol. The Kier molecular flexibility index (Phi) is 2.80. The average molecular weight is 258 g/mol. The average Bonchev–Trinajstić information content (AvgIpc) is 3.33. The molecule has 2 heteroatoms. The molecule has 3 aliphatic carbocycles. The van der Waals surface area contributed by atoms with Crippen molar-refractivity contribution in [3.8, 4) is 5.75 Å². The van der Waals surface area contributed by atoms with E-state index in [0.29, 0.717) is 12.0 Å². The fourth-order valence-electron chi connectivity index (χ4n) is 3.86. The first-order valence-electron chi connectivity index (χ1n) is 7.77. The van der Waals surface area contributed by atoms with Crippen molar-refractivity contribution >= 4 is 0 Å². The molecule has 0 aliphatic heterocycles. The molecule has 0 aromatic heterocycles. The Morgan fingerprint density at radius 2 is 1.58 bits per heavy atom. The maximum atomic E-state index is 10.5. The van der Waals surface area contributed by atoms with Crippen LogP contribution < -0.4 is 4.74 Å². The molecule has 3 unspecified atom stereocenters. The molecule has 102 valence electrons. The highest BCUT2D eigenvalue weighted by Crippen LogP contribution is 2.60. The Balaban J connectivity index is 1.43. The van der Waals surface area contributed by atoms with E-state index in [1.807, 2.05) is 24.3 Å². The summed E-state index contributed by atoms with van der Waals surface area (Å²) in [6.07, 6.45) is 7.94. The van der Waals surface area contributed by atoms with E-state index in [4.69, 9.17) is 4.74 Å².